The zero-order valence-corrected chi connectivity index (χ0v) is 22.3. The van der Waals surface area contributed by atoms with Crippen molar-refractivity contribution in [2.45, 2.75) is 51.5 Å². The molecule has 1 amide bonds. The molecule has 8 nitrogen and oxygen atoms in total. The predicted octanol–water partition coefficient (Wildman–Crippen LogP) is 3.51. The lowest BCUT2D eigenvalue weighted by molar-refractivity contribution is -0.127. The molecule has 0 aliphatic heterocycles. The Hall–Kier alpha value is -2.75. The summed E-state index contributed by atoms with van der Waals surface area (Å²) >= 11 is 0. The monoisotopic (exact) mass is 517 g/mol. The van der Waals surface area contributed by atoms with Crippen molar-refractivity contribution in [1.29, 1.82) is 0 Å². The molecule has 0 saturated carbocycles. The number of hydrogen-bond donors (Lipinski definition) is 3. The molecule has 0 spiro atoms. The zero-order valence-electron chi connectivity index (χ0n) is 21.5. The van der Waals surface area contributed by atoms with Gasteiger partial charge in [-0.15, -0.1) is 0 Å². The Bertz CT molecular complexity index is 1090. The second-order valence-electron chi connectivity index (χ2n) is 9.76. The van der Waals surface area contributed by atoms with Crippen molar-refractivity contribution in [1.82, 2.24) is 4.31 Å². The van der Waals surface area contributed by atoms with Crippen LogP contribution < -0.4 is 5.73 Å². The molecule has 0 aliphatic carbocycles. The molecule has 36 heavy (non-hydrogen) atoms. The Morgan fingerprint density at radius 1 is 1.06 bits per heavy atom. The number of aliphatic hydroxyl groups excluding tert-OH is 1. The van der Waals surface area contributed by atoms with E-state index >= 15 is 0 Å². The van der Waals surface area contributed by atoms with Crippen LogP contribution >= 0.6 is 0 Å². The van der Waals surface area contributed by atoms with Crippen molar-refractivity contribution >= 4 is 22.1 Å². The van der Waals surface area contributed by atoms with Gasteiger partial charge < -0.3 is 16.0 Å². The van der Waals surface area contributed by atoms with Crippen molar-refractivity contribution in [3.8, 4) is 0 Å². The second kappa shape index (κ2) is 13.5. The van der Waals surface area contributed by atoms with Crippen LogP contribution in [0.1, 0.15) is 45.2 Å². The van der Waals surface area contributed by atoms with E-state index in [-0.39, 0.29) is 29.8 Å². The molecule has 2 aromatic rings. The van der Waals surface area contributed by atoms with Crippen LogP contribution in [0.3, 0.4) is 0 Å². The minimum Gasteiger partial charge on any atom is -0.411 e. The molecule has 0 aromatic heterocycles. The third-order valence-electron chi connectivity index (χ3n) is 6.54. The minimum atomic E-state index is -3.95. The van der Waals surface area contributed by atoms with Gasteiger partial charge in [0, 0.05) is 24.9 Å². The molecular formula is C27H39N3O5S. The summed E-state index contributed by atoms with van der Waals surface area (Å²) in [6.07, 6.45) is 1.18. The minimum absolute atomic E-state index is 0.00171. The quantitative estimate of drug-likeness (QED) is 0.200. The summed E-state index contributed by atoms with van der Waals surface area (Å²) in [6.45, 7) is 7.73. The largest absolute Gasteiger partial charge is 0.411 e. The van der Waals surface area contributed by atoms with Gasteiger partial charge in [0.05, 0.1) is 17.2 Å². The molecule has 2 rings (SSSR count). The molecule has 2 unspecified atom stereocenters. The third-order valence-corrected chi connectivity index (χ3v) is 8.39. The lowest BCUT2D eigenvalue weighted by Crippen LogP contribution is -2.47. The van der Waals surface area contributed by atoms with Gasteiger partial charge in [0.2, 0.25) is 15.9 Å². The summed E-state index contributed by atoms with van der Waals surface area (Å²) in [5.41, 5.74) is 7.31. The maximum Gasteiger partial charge on any atom is 0.243 e. The predicted molar refractivity (Wildman–Crippen MR) is 141 cm³/mol. The first-order valence-corrected chi connectivity index (χ1v) is 13.7. The fraction of sp³-hybridized carbons (Fsp3) is 0.481. The highest BCUT2D eigenvalue weighted by Gasteiger charge is 2.38. The smallest absolute Gasteiger partial charge is 0.243 e. The molecule has 4 N–H and O–H groups in total. The van der Waals surface area contributed by atoms with Crippen molar-refractivity contribution in [2.24, 2.45) is 34.6 Å². The van der Waals surface area contributed by atoms with Crippen LogP contribution in [-0.2, 0) is 21.2 Å². The van der Waals surface area contributed by atoms with Gasteiger partial charge in [-0.3, -0.25) is 4.79 Å². The van der Waals surface area contributed by atoms with Crippen molar-refractivity contribution in [3.63, 3.8) is 0 Å². The highest BCUT2D eigenvalue weighted by molar-refractivity contribution is 7.89. The molecule has 2 aromatic carbocycles. The summed E-state index contributed by atoms with van der Waals surface area (Å²) in [7, 11) is -3.95. The maximum atomic E-state index is 13.6. The van der Waals surface area contributed by atoms with E-state index in [9.17, 15) is 18.3 Å². The number of amides is 1. The molecule has 0 saturated heterocycles. The van der Waals surface area contributed by atoms with E-state index in [1.54, 1.807) is 12.1 Å². The van der Waals surface area contributed by atoms with E-state index in [4.69, 9.17) is 10.9 Å². The van der Waals surface area contributed by atoms with Crippen molar-refractivity contribution < 1.29 is 23.5 Å². The summed E-state index contributed by atoms with van der Waals surface area (Å²) in [5, 5.41) is 23.2. The van der Waals surface area contributed by atoms with Gasteiger partial charge in [-0.25, -0.2) is 8.42 Å². The summed E-state index contributed by atoms with van der Waals surface area (Å²) in [5.74, 6) is -1.76. The average molecular weight is 518 g/mol. The zero-order chi connectivity index (χ0) is 26.9. The number of carbonyl (C=O) groups excluding carboxylic acids is 1. The van der Waals surface area contributed by atoms with Gasteiger partial charge in [-0.05, 0) is 41.5 Å². The van der Waals surface area contributed by atoms with Crippen LogP contribution in [0.5, 0.6) is 0 Å². The molecule has 0 radical (unpaired) electrons. The Morgan fingerprint density at radius 3 is 2.17 bits per heavy atom. The van der Waals surface area contributed by atoms with Gasteiger partial charge in [-0.2, -0.15) is 4.31 Å². The number of hydrogen-bond acceptors (Lipinski definition) is 6. The topological polar surface area (TPSA) is 133 Å². The van der Waals surface area contributed by atoms with Crippen LogP contribution in [0.15, 0.2) is 64.6 Å². The Labute approximate surface area is 214 Å². The SMILES string of the molecule is CCC(C)C(C(N)=O)[C@H](Cc1ccccc1)[C@@H](O)CN(CC(C)C)S(=O)(=O)c1ccc(/C=N/O)cc1. The number of rotatable bonds is 14. The summed E-state index contributed by atoms with van der Waals surface area (Å²) in [4.78, 5) is 12.6. The normalized spacial score (nSPS) is 15.8. The summed E-state index contributed by atoms with van der Waals surface area (Å²) in [6, 6.07) is 15.5. The fourth-order valence-electron chi connectivity index (χ4n) is 4.52. The molecular weight excluding hydrogens is 478 g/mol. The van der Waals surface area contributed by atoms with Gasteiger partial charge in [0.1, 0.15) is 0 Å². The van der Waals surface area contributed by atoms with Crippen molar-refractivity contribution in [3.05, 3.63) is 65.7 Å². The first-order valence-electron chi connectivity index (χ1n) is 12.3. The van der Waals surface area contributed by atoms with E-state index < -0.39 is 33.9 Å². The number of oxime groups is 1. The molecule has 0 heterocycles. The number of benzene rings is 2. The summed E-state index contributed by atoms with van der Waals surface area (Å²) < 4.78 is 28.5. The lowest BCUT2D eigenvalue weighted by Gasteiger charge is -2.35. The number of sulfonamides is 1. The first kappa shape index (κ1) is 29.5. The Morgan fingerprint density at radius 2 is 1.67 bits per heavy atom. The van der Waals surface area contributed by atoms with Crippen LogP contribution in [0.2, 0.25) is 0 Å². The third kappa shape index (κ3) is 7.88. The van der Waals surface area contributed by atoms with Gasteiger partial charge in [-0.1, -0.05) is 81.7 Å². The second-order valence-corrected chi connectivity index (χ2v) is 11.7. The van der Waals surface area contributed by atoms with Gasteiger partial charge >= 0.3 is 0 Å². The van der Waals surface area contributed by atoms with E-state index in [1.165, 1.54) is 22.7 Å². The number of carbonyl (C=O) groups is 1. The average Bonchev–Trinajstić information content (AvgIpc) is 2.83. The first-order chi connectivity index (χ1) is 17.0. The fourth-order valence-corrected chi connectivity index (χ4v) is 6.14. The van der Waals surface area contributed by atoms with E-state index in [1.807, 2.05) is 58.0 Å². The Kier molecular flexibility index (Phi) is 11.1. The molecule has 9 heteroatoms. The molecule has 0 aliphatic rings. The highest BCUT2D eigenvalue weighted by Crippen LogP contribution is 2.31. The van der Waals surface area contributed by atoms with Gasteiger partial charge in [0.15, 0.2) is 0 Å². The number of primary amides is 1. The van der Waals surface area contributed by atoms with E-state index in [0.717, 1.165) is 5.56 Å². The van der Waals surface area contributed by atoms with Crippen LogP contribution in [0, 0.1) is 23.7 Å². The van der Waals surface area contributed by atoms with Crippen molar-refractivity contribution in [2.75, 3.05) is 13.1 Å². The maximum absolute atomic E-state index is 13.6. The molecule has 0 fully saturated rings. The van der Waals surface area contributed by atoms with Crippen LogP contribution in [0.4, 0.5) is 0 Å². The molecule has 0 bridgehead atoms. The number of nitrogens with two attached hydrogens (primary N) is 1. The van der Waals surface area contributed by atoms with E-state index in [0.29, 0.717) is 18.4 Å². The van der Waals surface area contributed by atoms with Crippen LogP contribution in [-0.4, -0.2) is 54.4 Å². The Balaban J connectivity index is 2.44. The number of nitrogens with zero attached hydrogens (tertiary/aromatic N) is 2. The van der Waals surface area contributed by atoms with Crippen LogP contribution in [0.25, 0.3) is 0 Å². The number of aliphatic hydroxyl groups is 1. The lowest BCUT2D eigenvalue weighted by atomic mass is 9.75. The molecule has 4 atom stereocenters. The molecule has 198 valence electrons. The van der Waals surface area contributed by atoms with Gasteiger partial charge in [0.25, 0.3) is 0 Å². The highest BCUT2D eigenvalue weighted by atomic mass is 32.2. The van der Waals surface area contributed by atoms with E-state index in [2.05, 4.69) is 5.16 Å². The standard InChI is InChI=1S/C27H39N3O5S/c1-5-20(4)26(27(28)32)24(15-21-9-7-6-8-10-21)25(31)18-30(17-19(2)3)36(34,35)23-13-11-22(12-14-23)16-29-33/h6-14,16,19-20,24-26,31,33H,5,15,17-18H2,1-4H3,(H2,28,32)/b29-16+/t20?,24-,25+,26?/m1/s1.